The predicted molar refractivity (Wildman–Crippen MR) is 108 cm³/mol. The first-order valence-corrected chi connectivity index (χ1v) is 9.87. The maximum atomic E-state index is 12.4. The minimum atomic E-state index is -0.631. The van der Waals surface area contributed by atoms with Crippen molar-refractivity contribution >= 4 is 11.7 Å². The highest BCUT2D eigenvalue weighted by molar-refractivity contribution is 5.94. The van der Waals surface area contributed by atoms with Gasteiger partial charge in [-0.1, -0.05) is 24.3 Å². The van der Waals surface area contributed by atoms with Crippen LogP contribution in [-0.2, 0) is 12.8 Å². The molecule has 1 saturated heterocycles. The second-order valence-corrected chi connectivity index (χ2v) is 7.58. The number of carbonyl (C=O) groups is 1. The van der Waals surface area contributed by atoms with Gasteiger partial charge in [-0.05, 0) is 36.1 Å². The van der Waals surface area contributed by atoms with E-state index in [1.54, 1.807) is 18.3 Å². The third kappa shape index (κ3) is 4.67. The molecule has 1 atom stereocenters. The molecule has 2 heterocycles. The van der Waals surface area contributed by atoms with E-state index in [1.807, 2.05) is 0 Å². The van der Waals surface area contributed by atoms with E-state index in [0.717, 1.165) is 25.9 Å². The molecule has 0 bridgehead atoms. The predicted octanol–water partition coefficient (Wildman–Crippen LogP) is 0.313. The lowest BCUT2D eigenvalue weighted by molar-refractivity contribution is 0.0914. The summed E-state index contributed by atoms with van der Waals surface area (Å²) in [4.78, 5) is 16.6. The number of hydrogen-bond acceptors (Lipinski definition) is 6. The summed E-state index contributed by atoms with van der Waals surface area (Å²) in [5.74, 6) is 0.492. The highest BCUT2D eigenvalue weighted by atomic mass is 16.3. The standard InChI is InChI=1S/C21H27N5O2/c27-19(12-24-17-7-14-3-1-2-4-15(14)8-17)13-25-21(28)16-5-6-23-20(9-16)26-18-10-22-11-18/h1-6,9,17-19,22,24,27H,7-8,10-13H2,(H,23,26)(H,25,28)/t19-/m0/s1. The SMILES string of the molecule is O=C(NC[C@@H](O)CNC1Cc2ccccc2C1)c1ccnc(NC2CNC2)c1. The van der Waals surface area contributed by atoms with E-state index in [2.05, 4.69) is 50.5 Å². The molecular weight excluding hydrogens is 354 g/mol. The number of rotatable bonds is 8. The Morgan fingerprint density at radius 1 is 1.14 bits per heavy atom. The van der Waals surface area contributed by atoms with Gasteiger partial charge in [0, 0.05) is 44.0 Å². The Kier molecular flexibility index (Phi) is 5.85. The molecule has 28 heavy (non-hydrogen) atoms. The van der Waals surface area contributed by atoms with Crippen LogP contribution in [0.2, 0.25) is 0 Å². The molecule has 0 spiro atoms. The lowest BCUT2D eigenvalue weighted by Gasteiger charge is -2.28. The molecule has 5 N–H and O–H groups in total. The fraction of sp³-hybridized carbons (Fsp3) is 0.429. The number of nitrogens with one attached hydrogen (secondary N) is 4. The zero-order valence-electron chi connectivity index (χ0n) is 15.8. The summed E-state index contributed by atoms with van der Waals surface area (Å²) in [6.45, 7) is 2.48. The van der Waals surface area contributed by atoms with Gasteiger partial charge < -0.3 is 26.4 Å². The number of hydrogen-bond donors (Lipinski definition) is 5. The van der Waals surface area contributed by atoms with Gasteiger partial charge in [0.05, 0.1) is 12.1 Å². The molecule has 7 nitrogen and oxygen atoms in total. The molecule has 0 radical (unpaired) electrons. The van der Waals surface area contributed by atoms with Crippen molar-refractivity contribution in [2.45, 2.75) is 31.0 Å². The number of carbonyl (C=O) groups excluding carboxylic acids is 1. The number of aliphatic hydroxyl groups excluding tert-OH is 1. The molecule has 4 rings (SSSR count). The van der Waals surface area contributed by atoms with Crippen molar-refractivity contribution in [1.29, 1.82) is 0 Å². The number of amides is 1. The lowest BCUT2D eigenvalue weighted by Crippen LogP contribution is -2.51. The van der Waals surface area contributed by atoms with Crippen LogP contribution in [0, 0.1) is 0 Å². The van der Waals surface area contributed by atoms with Crippen LogP contribution in [0.1, 0.15) is 21.5 Å². The van der Waals surface area contributed by atoms with Crippen molar-refractivity contribution in [3.63, 3.8) is 0 Å². The number of anilines is 1. The number of fused-ring (bicyclic) bond motifs is 1. The number of aromatic nitrogens is 1. The second-order valence-electron chi connectivity index (χ2n) is 7.58. The maximum Gasteiger partial charge on any atom is 0.251 e. The molecular formula is C21H27N5O2. The third-order valence-electron chi connectivity index (χ3n) is 5.35. The minimum Gasteiger partial charge on any atom is -0.390 e. The van der Waals surface area contributed by atoms with Gasteiger partial charge in [-0.25, -0.2) is 4.98 Å². The van der Waals surface area contributed by atoms with Crippen molar-refractivity contribution in [3.8, 4) is 0 Å². The van der Waals surface area contributed by atoms with Crippen LogP contribution in [-0.4, -0.2) is 60.4 Å². The third-order valence-corrected chi connectivity index (χ3v) is 5.35. The van der Waals surface area contributed by atoms with E-state index < -0.39 is 6.10 Å². The average Bonchev–Trinajstić information content (AvgIpc) is 3.10. The van der Waals surface area contributed by atoms with Crippen LogP contribution in [0.3, 0.4) is 0 Å². The molecule has 0 saturated carbocycles. The summed E-state index contributed by atoms with van der Waals surface area (Å²) in [6.07, 6.45) is 2.96. The normalized spacial score (nSPS) is 17.6. The summed E-state index contributed by atoms with van der Waals surface area (Å²) in [7, 11) is 0. The highest BCUT2D eigenvalue weighted by Crippen LogP contribution is 2.21. The van der Waals surface area contributed by atoms with Gasteiger partial charge in [-0.2, -0.15) is 0 Å². The van der Waals surface area contributed by atoms with Crippen molar-refractivity contribution in [1.82, 2.24) is 20.9 Å². The first-order valence-electron chi connectivity index (χ1n) is 9.87. The van der Waals surface area contributed by atoms with Gasteiger partial charge in [0.25, 0.3) is 5.91 Å². The van der Waals surface area contributed by atoms with Gasteiger partial charge in [0.15, 0.2) is 0 Å². The molecule has 1 aliphatic heterocycles. The number of nitrogens with zero attached hydrogens (tertiary/aromatic N) is 1. The van der Waals surface area contributed by atoms with E-state index >= 15 is 0 Å². The zero-order chi connectivity index (χ0) is 19.3. The molecule has 1 aromatic carbocycles. The van der Waals surface area contributed by atoms with Crippen molar-refractivity contribution < 1.29 is 9.90 Å². The number of aliphatic hydroxyl groups is 1. The quantitative estimate of drug-likeness (QED) is 0.452. The molecule has 1 amide bonds. The summed E-state index contributed by atoms with van der Waals surface area (Å²) in [6, 6.07) is 12.6. The van der Waals surface area contributed by atoms with Crippen LogP contribution >= 0.6 is 0 Å². The van der Waals surface area contributed by atoms with Gasteiger partial charge in [-0.15, -0.1) is 0 Å². The van der Waals surface area contributed by atoms with Crippen LogP contribution in [0.5, 0.6) is 0 Å². The molecule has 0 unspecified atom stereocenters. The number of benzene rings is 1. The van der Waals surface area contributed by atoms with E-state index in [0.29, 0.717) is 30.0 Å². The van der Waals surface area contributed by atoms with Crippen LogP contribution in [0.15, 0.2) is 42.6 Å². The summed E-state index contributed by atoms with van der Waals surface area (Å²) < 4.78 is 0. The van der Waals surface area contributed by atoms with Crippen LogP contribution in [0.4, 0.5) is 5.82 Å². The highest BCUT2D eigenvalue weighted by Gasteiger charge is 2.21. The number of pyridine rings is 1. The molecule has 7 heteroatoms. The van der Waals surface area contributed by atoms with Gasteiger partial charge >= 0.3 is 0 Å². The first kappa shape index (κ1) is 18.9. The first-order chi connectivity index (χ1) is 13.7. The Hall–Kier alpha value is -2.48. The minimum absolute atomic E-state index is 0.204. The molecule has 2 aromatic rings. The van der Waals surface area contributed by atoms with Gasteiger partial charge in [0.1, 0.15) is 5.82 Å². The Morgan fingerprint density at radius 2 is 1.89 bits per heavy atom. The maximum absolute atomic E-state index is 12.4. The largest absolute Gasteiger partial charge is 0.390 e. The van der Waals surface area contributed by atoms with Crippen molar-refractivity contribution in [2.24, 2.45) is 0 Å². The molecule has 1 aliphatic carbocycles. The van der Waals surface area contributed by atoms with Gasteiger partial charge in [-0.3, -0.25) is 4.79 Å². The van der Waals surface area contributed by atoms with Crippen LogP contribution < -0.4 is 21.3 Å². The molecule has 1 aromatic heterocycles. The average molecular weight is 381 g/mol. The zero-order valence-corrected chi connectivity index (χ0v) is 15.8. The fourth-order valence-corrected chi connectivity index (χ4v) is 3.64. The summed E-state index contributed by atoms with van der Waals surface area (Å²) >= 11 is 0. The summed E-state index contributed by atoms with van der Waals surface area (Å²) in [5, 5.41) is 22.9. The van der Waals surface area contributed by atoms with Crippen LogP contribution in [0.25, 0.3) is 0 Å². The van der Waals surface area contributed by atoms with Gasteiger partial charge in [0.2, 0.25) is 0 Å². The van der Waals surface area contributed by atoms with E-state index in [1.165, 1.54) is 11.1 Å². The Bertz CT molecular complexity index is 799. The summed E-state index contributed by atoms with van der Waals surface area (Å²) in [5.41, 5.74) is 3.29. The fourth-order valence-electron chi connectivity index (χ4n) is 3.64. The van der Waals surface area contributed by atoms with Crippen molar-refractivity contribution in [3.05, 3.63) is 59.3 Å². The Labute approximate surface area is 165 Å². The van der Waals surface area contributed by atoms with E-state index in [4.69, 9.17) is 0 Å². The second kappa shape index (κ2) is 8.68. The van der Waals surface area contributed by atoms with E-state index in [9.17, 15) is 9.90 Å². The lowest BCUT2D eigenvalue weighted by atomic mass is 10.1. The molecule has 148 valence electrons. The topological polar surface area (TPSA) is 98.3 Å². The Morgan fingerprint density at radius 3 is 2.57 bits per heavy atom. The smallest absolute Gasteiger partial charge is 0.251 e. The van der Waals surface area contributed by atoms with Crippen molar-refractivity contribution in [2.75, 3.05) is 31.5 Å². The van der Waals surface area contributed by atoms with E-state index in [-0.39, 0.29) is 12.5 Å². The Balaban J connectivity index is 1.20. The molecule has 1 fully saturated rings. The monoisotopic (exact) mass is 381 g/mol. The molecule has 2 aliphatic rings.